The minimum atomic E-state index is -1.94. The third-order valence-electron chi connectivity index (χ3n) is 8.42. The van der Waals surface area contributed by atoms with Gasteiger partial charge < -0.3 is 77.5 Å². The van der Waals surface area contributed by atoms with Gasteiger partial charge >= 0.3 is 41.8 Å². The third-order valence-corrected chi connectivity index (χ3v) is 8.42. The number of carbonyl (C=O) groups excluding carboxylic acids is 8. The second-order valence-electron chi connectivity index (χ2n) is 13.2. The number of rotatable bonds is 15. The van der Waals surface area contributed by atoms with Crippen molar-refractivity contribution in [1.82, 2.24) is 5.32 Å². The Hall–Kier alpha value is -4.56. The SMILES string of the molecule is CC(=O)N[C@H]1[C@@H](O)[C@H](O[C@@H]2O[C@H](COC(C)=O)[C@H](O[C@@H]3O[C@H](COC(C)=O)[C@H](OC(C)=O)[C@H](OC(C)=O)[C@H]3OC(C)=O)[C@H](OC(C)=O)[C@H]2OC(C)=O)[C@@H](CO)O[C@@H]1O. The van der Waals surface area contributed by atoms with Crippen molar-refractivity contribution in [2.75, 3.05) is 19.8 Å². The average molecular weight is 840 g/mol. The van der Waals surface area contributed by atoms with Crippen molar-refractivity contribution in [2.45, 2.75) is 147 Å². The van der Waals surface area contributed by atoms with E-state index in [-0.39, 0.29) is 0 Å². The maximum Gasteiger partial charge on any atom is 0.303 e. The molecule has 0 radical (unpaired) electrons. The summed E-state index contributed by atoms with van der Waals surface area (Å²) in [7, 11) is 0. The Kier molecular flexibility index (Phi) is 17.7. The normalized spacial score (nSPS) is 34.6. The van der Waals surface area contributed by atoms with Crippen LogP contribution in [0.3, 0.4) is 0 Å². The topological polar surface area (TPSA) is 320 Å². The minimum Gasteiger partial charge on any atom is -0.463 e. The number of hydrogen-bond donors (Lipinski definition) is 4. The largest absolute Gasteiger partial charge is 0.463 e. The molecular weight excluding hydrogens is 790 g/mol. The lowest BCUT2D eigenvalue weighted by Crippen LogP contribution is -2.69. The van der Waals surface area contributed by atoms with Gasteiger partial charge in [0.2, 0.25) is 5.91 Å². The molecule has 1 amide bonds. The van der Waals surface area contributed by atoms with Gasteiger partial charge in [-0.1, -0.05) is 0 Å². The molecular formula is C34H49NO23. The molecule has 24 heteroatoms. The molecule has 0 unspecified atom stereocenters. The van der Waals surface area contributed by atoms with Crippen LogP contribution in [0.15, 0.2) is 0 Å². The monoisotopic (exact) mass is 839 g/mol. The molecule has 328 valence electrons. The second kappa shape index (κ2) is 21.4. The van der Waals surface area contributed by atoms with Gasteiger partial charge in [-0.25, -0.2) is 0 Å². The van der Waals surface area contributed by atoms with Gasteiger partial charge in [-0.05, 0) is 0 Å². The molecule has 3 saturated heterocycles. The first kappa shape index (κ1) is 47.8. The summed E-state index contributed by atoms with van der Waals surface area (Å²) >= 11 is 0. The fourth-order valence-corrected chi connectivity index (χ4v) is 6.38. The van der Waals surface area contributed by atoms with Crippen molar-refractivity contribution in [3.8, 4) is 0 Å². The van der Waals surface area contributed by atoms with Crippen molar-refractivity contribution in [3.63, 3.8) is 0 Å². The Labute approximate surface area is 330 Å². The lowest BCUT2D eigenvalue weighted by atomic mass is 9.94. The Morgan fingerprint density at radius 1 is 0.483 bits per heavy atom. The molecule has 0 aromatic heterocycles. The van der Waals surface area contributed by atoms with E-state index in [1.165, 1.54) is 0 Å². The number of nitrogens with one attached hydrogen (secondary N) is 1. The summed E-state index contributed by atoms with van der Waals surface area (Å²) in [5.41, 5.74) is 0. The zero-order chi connectivity index (χ0) is 43.6. The fraction of sp³-hybridized carbons (Fsp3) is 0.765. The van der Waals surface area contributed by atoms with Gasteiger partial charge in [-0.2, -0.15) is 0 Å². The molecule has 0 aromatic carbocycles. The van der Waals surface area contributed by atoms with Crippen molar-refractivity contribution in [2.24, 2.45) is 0 Å². The number of hydrogen-bond acceptors (Lipinski definition) is 23. The first-order chi connectivity index (χ1) is 27.1. The number of amides is 1. The summed E-state index contributed by atoms with van der Waals surface area (Å²) in [6.07, 6.45) is -24.5. The van der Waals surface area contributed by atoms with E-state index < -0.39 is 160 Å². The van der Waals surface area contributed by atoms with Gasteiger partial charge in [0.05, 0.1) is 6.61 Å². The van der Waals surface area contributed by atoms with Gasteiger partial charge in [-0.3, -0.25) is 38.4 Å². The van der Waals surface area contributed by atoms with E-state index in [4.69, 9.17) is 56.8 Å². The van der Waals surface area contributed by atoms with Crippen LogP contribution in [0.4, 0.5) is 0 Å². The molecule has 0 saturated carbocycles. The number of aliphatic hydroxyl groups excluding tert-OH is 3. The molecule has 0 spiro atoms. The zero-order valence-corrected chi connectivity index (χ0v) is 32.8. The predicted octanol–water partition coefficient (Wildman–Crippen LogP) is -3.43. The standard InChI is InChI=1S/C34H49NO23/c1-12(37)35-23-24(45)25(20(9-36)54-32(23)46)57-33-31(53-19(8)44)29(51-17(6)42)27(22(56-33)11-48-14(3)39)58-34-30(52-18(7)43)28(50-16(5)41)26(49-15(4)40)21(55-34)10-47-13(2)38/h20-34,36,45-46H,9-11H2,1-8H3,(H,35,37)/t20-,21-,22-,23+,24-,25-,26+,27+,28+,29+,30-,31-,32+,33+,34+/m1/s1. The second-order valence-corrected chi connectivity index (χ2v) is 13.2. The summed E-state index contributed by atoms with van der Waals surface area (Å²) in [6.45, 7) is 5.80. The zero-order valence-electron chi connectivity index (χ0n) is 32.8. The van der Waals surface area contributed by atoms with Crippen molar-refractivity contribution in [3.05, 3.63) is 0 Å². The summed E-state index contributed by atoms with van der Waals surface area (Å²) in [5, 5.41) is 34.1. The van der Waals surface area contributed by atoms with Crippen LogP contribution in [-0.4, -0.2) is 175 Å². The molecule has 24 nitrogen and oxygen atoms in total. The van der Waals surface area contributed by atoms with Gasteiger partial charge in [0, 0.05) is 55.4 Å². The highest BCUT2D eigenvalue weighted by Crippen LogP contribution is 2.37. The lowest BCUT2D eigenvalue weighted by Gasteiger charge is -2.50. The van der Waals surface area contributed by atoms with Crippen LogP contribution in [0.5, 0.6) is 0 Å². The highest BCUT2D eigenvalue weighted by atomic mass is 16.8. The van der Waals surface area contributed by atoms with Crippen molar-refractivity contribution < 1.29 is 111 Å². The first-order valence-electron chi connectivity index (χ1n) is 17.8. The highest BCUT2D eigenvalue weighted by Gasteiger charge is 2.59. The van der Waals surface area contributed by atoms with Crippen LogP contribution in [0.25, 0.3) is 0 Å². The Morgan fingerprint density at radius 3 is 1.26 bits per heavy atom. The van der Waals surface area contributed by atoms with Crippen molar-refractivity contribution >= 4 is 47.7 Å². The average Bonchev–Trinajstić information content (AvgIpc) is 3.09. The lowest BCUT2D eigenvalue weighted by molar-refractivity contribution is -0.374. The van der Waals surface area contributed by atoms with Gasteiger partial charge in [0.1, 0.15) is 55.9 Å². The molecule has 3 fully saturated rings. The smallest absolute Gasteiger partial charge is 0.303 e. The molecule has 15 atom stereocenters. The van der Waals surface area contributed by atoms with E-state index in [1.807, 2.05) is 0 Å². The van der Waals surface area contributed by atoms with Gasteiger partial charge in [-0.15, -0.1) is 0 Å². The summed E-state index contributed by atoms with van der Waals surface area (Å²) < 4.78 is 67.6. The Morgan fingerprint density at radius 2 is 0.862 bits per heavy atom. The maximum absolute atomic E-state index is 12.7. The van der Waals surface area contributed by atoms with Gasteiger partial charge in [0.25, 0.3) is 0 Å². The molecule has 0 bridgehead atoms. The molecule has 0 aliphatic carbocycles. The van der Waals surface area contributed by atoms with E-state index >= 15 is 0 Å². The number of aliphatic hydroxyl groups is 3. The fourth-order valence-electron chi connectivity index (χ4n) is 6.38. The van der Waals surface area contributed by atoms with E-state index in [0.717, 1.165) is 55.4 Å². The van der Waals surface area contributed by atoms with E-state index in [0.29, 0.717) is 0 Å². The number of esters is 7. The number of ether oxygens (including phenoxy) is 12. The van der Waals surface area contributed by atoms with Crippen LogP contribution in [-0.2, 0) is 95.2 Å². The number of carbonyl (C=O) groups is 8. The Bertz CT molecular complexity index is 1510. The Balaban J connectivity index is 2.19. The van der Waals surface area contributed by atoms with E-state index in [2.05, 4.69) is 5.32 Å². The third kappa shape index (κ3) is 13.2. The predicted molar refractivity (Wildman–Crippen MR) is 180 cm³/mol. The van der Waals surface area contributed by atoms with Crippen LogP contribution < -0.4 is 5.32 Å². The quantitative estimate of drug-likeness (QED) is 0.0921. The summed E-state index contributed by atoms with van der Waals surface area (Å²) in [5.74, 6) is -7.27. The highest BCUT2D eigenvalue weighted by molar-refractivity contribution is 5.73. The van der Waals surface area contributed by atoms with Crippen LogP contribution in [0.1, 0.15) is 55.4 Å². The van der Waals surface area contributed by atoms with E-state index in [9.17, 15) is 53.7 Å². The van der Waals surface area contributed by atoms with Crippen LogP contribution >= 0.6 is 0 Å². The molecule has 3 rings (SSSR count). The first-order valence-corrected chi connectivity index (χ1v) is 17.8. The minimum absolute atomic E-state index is 0.652. The van der Waals surface area contributed by atoms with Crippen LogP contribution in [0, 0.1) is 0 Å². The molecule has 4 N–H and O–H groups in total. The van der Waals surface area contributed by atoms with Crippen molar-refractivity contribution in [1.29, 1.82) is 0 Å². The molecule has 58 heavy (non-hydrogen) atoms. The molecule has 3 heterocycles. The van der Waals surface area contributed by atoms with Gasteiger partial charge in [0.15, 0.2) is 49.4 Å². The van der Waals surface area contributed by atoms with E-state index in [1.54, 1.807) is 0 Å². The molecule has 0 aromatic rings. The summed E-state index contributed by atoms with van der Waals surface area (Å²) in [4.78, 5) is 98.2. The summed E-state index contributed by atoms with van der Waals surface area (Å²) in [6, 6.07) is -1.53. The molecule has 3 aliphatic rings. The molecule has 3 aliphatic heterocycles. The maximum atomic E-state index is 12.7. The van der Waals surface area contributed by atoms with Crippen LogP contribution in [0.2, 0.25) is 0 Å².